The predicted molar refractivity (Wildman–Crippen MR) is 34.9 cm³/mol. The van der Waals surface area contributed by atoms with E-state index in [4.69, 9.17) is 11.6 Å². The summed E-state index contributed by atoms with van der Waals surface area (Å²) in [7, 11) is 0. The number of aromatic nitrogens is 5. The molecule has 10 heavy (non-hydrogen) atoms. The molecule has 2 rings (SSSR count). The van der Waals surface area contributed by atoms with E-state index in [-0.39, 0.29) is 0 Å². The molecule has 0 aliphatic heterocycles. The average Bonchev–Trinajstić information content (AvgIpc) is 2.41. The van der Waals surface area contributed by atoms with Gasteiger partial charge in [0.2, 0.25) is 5.65 Å². The number of nitrogens with one attached hydrogen (secondary N) is 1. The van der Waals surface area contributed by atoms with Crippen LogP contribution in [0.5, 0.6) is 0 Å². The normalized spacial score (nSPS) is 11.0. The van der Waals surface area contributed by atoms with Crippen molar-refractivity contribution < 1.29 is 0 Å². The lowest BCUT2D eigenvalue weighted by atomic mass is 10.5. The van der Waals surface area contributed by atoms with E-state index in [9.17, 15) is 0 Å². The molecule has 0 aliphatic rings. The lowest BCUT2D eigenvalue weighted by Crippen LogP contribution is -1.86. The van der Waals surface area contributed by atoms with Crippen molar-refractivity contribution >= 4 is 17.2 Å². The summed E-state index contributed by atoms with van der Waals surface area (Å²) in [4.78, 5) is 0. The third kappa shape index (κ3) is 0.550. The van der Waals surface area contributed by atoms with Gasteiger partial charge in [0.15, 0.2) is 0 Å². The van der Waals surface area contributed by atoms with Crippen LogP contribution in [-0.4, -0.2) is 25.3 Å². The molecule has 0 bridgehead atoms. The molecular formula is C4H4ClN5. The molecule has 1 N–H and O–H groups in total. The molecule has 0 unspecified atom stereocenters. The molecule has 0 spiro atoms. The van der Waals surface area contributed by atoms with E-state index in [1.165, 1.54) is 4.63 Å². The van der Waals surface area contributed by atoms with Crippen molar-refractivity contribution in [2.75, 3.05) is 0 Å². The molecule has 5 nitrogen and oxygen atoms in total. The van der Waals surface area contributed by atoms with Gasteiger partial charge in [-0.15, -0.1) is 9.73 Å². The van der Waals surface area contributed by atoms with Crippen LogP contribution >= 0.6 is 11.6 Å². The fourth-order valence-electron chi connectivity index (χ4n) is 0.775. The van der Waals surface area contributed by atoms with Crippen LogP contribution in [0.2, 0.25) is 5.02 Å². The molecule has 0 aromatic carbocycles. The summed E-state index contributed by atoms with van der Waals surface area (Å²) in [6.07, 6.45) is 0. The zero-order chi connectivity index (χ0) is 7.14. The second-order valence-corrected chi connectivity index (χ2v) is 2.34. The van der Waals surface area contributed by atoms with Gasteiger partial charge >= 0.3 is 0 Å². The van der Waals surface area contributed by atoms with Crippen molar-refractivity contribution in [1.82, 2.24) is 25.3 Å². The maximum Gasteiger partial charge on any atom is 0.217 e. The molecule has 0 radical (unpaired) electrons. The average molecular weight is 158 g/mol. The first-order valence-corrected chi connectivity index (χ1v) is 3.09. The highest BCUT2D eigenvalue weighted by atomic mass is 35.5. The summed E-state index contributed by atoms with van der Waals surface area (Å²) in [5.74, 6) is 0. The number of nitrogens with zero attached hydrogens (tertiary/aromatic N) is 4. The highest BCUT2D eigenvalue weighted by Gasteiger charge is 2.07. The first kappa shape index (κ1) is 5.67. The fraction of sp³-hybridized carbons (Fsp3) is 0.250. The van der Waals surface area contributed by atoms with Crippen molar-refractivity contribution in [1.29, 1.82) is 0 Å². The second kappa shape index (κ2) is 1.69. The number of aromatic amines is 1. The monoisotopic (exact) mass is 157 g/mol. The summed E-state index contributed by atoms with van der Waals surface area (Å²) in [6, 6.07) is 0. The molecule has 0 saturated heterocycles. The molecule has 0 fully saturated rings. The van der Waals surface area contributed by atoms with Gasteiger partial charge < -0.3 is 0 Å². The zero-order valence-corrected chi connectivity index (χ0v) is 5.92. The molecule has 0 amide bonds. The Bertz CT molecular complexity index is 360. The minimum atomic E-state index is 0.569. The number of tetrazole rings is 1. The third-order valence-corrected chi connectivity index (χ3v) is 1.72. The van der Waals surface area contributed by atoms with Crippen molar-refractivity contribution in [3.63, 3.8) is 0 Å². The van der Waals surface area contributed by atoms with Crippen LogP contribution in [0.15, 0.2) is 0 Å². The van der Waals surface area contributed by atoms with Crippen LogP contribution in [0.1, 0.15) is 5.69 Å². The van der Waals surface area contributed by atoms with E-state index in [1.807, 2.05) is 6.92 Å². The van der Waals surface area contributed by atoms with Gasteiger partial charge in [-0.1, -0.05) is 11.6 Å². The van der Waals surface area contributed by atoms with Crippen LogP contribution in [0, 0.1) is 6.92 Å². The quantitative estimate of drug-likeness (QED) is 0.603. The van der Waals surface area contributed by atoms with E-state index in [0.717, 1.165) is 5.69 Å². The van der Waals surface area contributed by atoms with E-state index in [0.29, 0.717) is 10.7 Å². The molecule has 2 aromatic rings. The lowest BCUT2D eigenvalue weighted by Gasteiger charge is -1.78. The SMILES string of the molecule is Cc1[nH]n2nnnc2c1Cl. The highest BCUT2D eigenvalue weighted by Crippen LogP contribution is 2.16. The fourth-order valence-corrected chi connectivity index (χ4v) is 0.935. The van der Waals surface area contributed by atoms with E-state index >= 15 is 0 Å². The van der Waals surface area contributed by atoms with Crippen LogP contribution in [0.4, 0.5) is 0 Å². The van der Waals surface area contributed by atoms with E-state index in [2.05, 4.69) is 20.6 Å². The van der Waals surface area contributed by atoms with E-state index < -0.39 is 0 Å². The Balaban J connectivity index is 2.95. The van der Waals surface area contributed by atoms with Gasteiger partial charge in [0.1, 0.15) is 5.02 Å². The van der Waals surface area contributed by atoms with Gasteiger partial charge in [0.05, 0.1) is 5.69 Å². The topological polar surface area (TPSA) is 58.9 Å². The lowest BCUT2D eigenvalue weighted by molar-refractivity contribution is 0.734. The predicted octanol–water partition coefficient (Wildman–Crippen LogP) is 0.414. The molecule has 6 heteroatoms. The Hall–Kier alpha value is -1.10. The van der Waals surface area contributed by atoms with Crippen molar-refractivity contribution in [2.24, 2.45) is 0 Å². The van der Waals surface area contributed by atoms with Gasteiger partial charge in [0.25, 0.3) is 0 Å². The van der Waals surface area contributed by atoms with Crippen LogP contribution < -0.4 is 0 Å². The maximum absolute atomic E-state index is 5.79. The first-order chi connectivity index (χ1) is 4.79. The van der Waals surface area contributed by atoms with Gasteiger partial charge in [-0.05, 0) is 17.4 Å². The Morgan fingerprint density at radius 3 is 3.10 bits per heavy atom. The van der Waals surface area contributed by atoms with Crippen molar-refractivity contribution in [2.45, 2.75) is 6.92 Å². The standard InChI is InChI=1S/C4H4ClN5/c1-2-3(5)4-6-8-9-10(4)7-2/h7H,1H3. The van der Waals surface area contributed by atoms with Gasteiger partial charge in [-0.2, -0.15) is 0 Å². The largest absolute Gasteiger partial charge is 0.278 e. The highest BCUT2D eigenvalue weighted by molar-refractivity contribution is 6.34. The minimum absolute atomic E-state index is 0.569. The number of hydrogen-bond acceptors (Lipinski definition) is 3. The number of H-pyrrole nitrogens is 1. The molecule has 0 aliphatic carbocycles. The smallest absolute Gasteiger partial charge is 0.217 e. The summed E-state index contributed by atoms with van der Waals surface area (Å²) in [5.41, 5.74) is 1.42. The number of hydrogen-bond donors (Lipinski definition) is 1. The Morgan fingerprint density at radius 1 is 1.60 bits per heavy atom. The summed E-state index contributed by atoms with van der Waals surface area (Å²) in [6.45, 7) is 1.85. The number of halogens is 1. The van der Waals surface area contributed by atoms with Crippen LogP contribution in [0.25, 0.3) is 5.65 Å². The summed E-state index contributed by atoms with van der Waals surface area (Å²) >= 11 is 5.79. The molecular weight excluding hydrogens is 154 g/mol. The van der Waals surface area contributed by atoms with Crippen LogP contribution in [-0.2, 0) is 0 Å². The van der Waals surface area contributed by atoms with Gasteiger partial charge in [0, 0.05) is 0 Å². The second-order valence-electron chi connectivity index (χ2n) is 1.97. The van der Waals surface area contributed by atoms with Gasteiger partial charge in [-0.3, -0.25) is 5.10 Å². The van der Waals surface area contributed by atoms with Crippen LogP contribution in [0.3, 0.4) is 0 Å². The van der Waals surface area contributed by atoms with Crippen molar-refractivity contribution in [3.8, 4) is 0 Å². The molecule has 0 saturated carbocycles. The minimum Gasteiger partial charge on any atom is -0.278 e. The summed E-state index contributed by atoms with van der Waals surface area (Å²) < 4.78 is 1.43. The number of aryl methyl sites for hydroxylation is 1. The Kier molecular flexibility index (Phi) is 0.960. The first-order valence-electron chi connectivity index (χ1n) is 2.71. The molecule has 0 atom stereocenters. The molecule has 2 aromatic heterocycles. The number of fused-ring (bicyclic) bond motifs is 1. The third-order valence-electron chi connectivity index (χ3n) is 1.27. The van der Waals surface area contributed by atoms with E-state index in [1.54, 1.807) is 0 Å². The molecule has 2 heterocycles. The number of rotatable bonds is 0. The van der Waals surface area contributed by atoms with Crippen molar-refractivity contribution in [3.05, 3.63) is 10.7 Å². The van der Waals surface area contributed by atoms with Gasteiger partial charge in [-0.25, -0.2) is 0 Å². The zero-order valence-electron chi connectivity index (χ0n) is 5.17. The maximum atomic E-state index is 5.79. The Morgan fingerprint density at radius 2 is 2.40 bits per heavy atom. The summed E-state index contributed by atoms with van der Waals surface area (Å²) in [5, 5.41) is 14.1. The molecule has 52 valence electrons. The Labute approximate surface area is 61.0 Å².